The summed E-state index contributed by atoms with van der Waals surface area (Å²) < 4.78 is 0. The highest BCUT2D eigenvalue weighted by molar-refractivity contribution is 5.83. The largest absolute Gasteiger partial charge is 0.317 e. The number of H-pyrrole nitrogens is 1. The third-order valence-electron chi connectivity index (χ3n) is 4.62. The molecule has 0 amide bonds. The molecule has 5 heteroatoms. The molecule has 126 valence electrons. The van der Waals surface area contributed by atoms with Crippen LogP contribution in [0.15, 0.2) is 16.9 Å². The Morgan fingerprint density at radius 3 is 2.88 bits per heavy atom. The van der Waals surface area contributed by atoms with Crippen molar-refractivity contribution in [3.05, 3.63) is 39.4 Å². The monoisotopic (exact) mass is 324 g/mol. The second-order valence-corrected chi connectivity index (χ2v) is 6.35. The molecule has 0 spiro atoms. The molecule has 1 aliphatic heterocycles. The molecule has 2 aromatic rings. The number of hydrogen-bond acceptors (Lipinski definition) is 4. The van der Waals surface area contributed by atoms with Crippen molar-refractivity contribution in [2.75, 3.05) is 19.6 Å². The van der Waals surface area contributed by atoms with Crippen molar-refractivity contribution < 1.29 is 0 Å². The molecule has 24 heavy (non-hydrogen) atoms. The second-order valence-electron chi connectivity index (χ2n) is 6.35. The SMILES string of the molecule is CC#Cc1ccc2c(=O)[nH]c(CNCC3CCNCC3)nc2c1C. The maximum absolute atomic E-state index is 12.3. The van der Waals surface area contributed by atoms with E-state index < -0.39 is 0 Å². The first kappa shape index (κ1) is 16.7. The first-order valence-electron chi connectivity index (χ1n) is 8.55. The Labute approximate surface area is 142 Å². The minimum absolute atomic E-state index is 0.0854. The fourth-order valence-electron chi connectivity index (χ4n) is 3.22. The van der Waals surface area contributed by atoms with E-state index in [9.17, 15) is 4.79 Å². The molecule has 0 atom stereocenters. The van der Waals surface area contributed by atoms with Crippen LogP contribution in [0.2, 0.25) is 0 Å². The number of nitrogens with one attached hydrogen (secondary N) is 3. The fourth-order valence-corrected chi connectivity index (χ4v) is 3.22. The number of aromatic nitrogens is 2. The summed E-state index contributed by atoms with van der Waals surface area (Å²) in [7, 11) is 0. The van der Waals surface area contributed by atoms with Gasteiger partial charge in [0.1, 0.15) is 5.82 Å². The Bertz CT molecular complexity index is 838. The molecule has 2 heterocycles. The van der Waals surface area contributed by atoms with E-state index in [0.717, 1.165) is 36.3 Å². The van der Waals surface area contributed by atoms with E-state index in [1.807, 2.05) is 19.9 Å². The van der Waals surface area contributed by atoms with Crippen LogP contribution in [0.4, 0.5) is 0 Å². The Hall–Kier alpha value is -2.16. The van der Waals surface area contributed by atoms with Gasteiger partial charge in [-0.05, 0) is 69.9 Å². The summed E-state index contributed by atoms with van der Waals surface area (Å²) in [6.07, 6.45) is 2.40. The molecule has 1 aliphatic rings. The van der Waals surface area contributed by atoms with E-state index in [1.165, 1.54) is 12.8 Å². The highest BCUT2D eigenvalue weighted by Gasteiger charge is 2.13. The molecule has 3 rings (SSSR count). The maximum atomic E-state index is 12.3. The normalized spacial score (nSPS) is 15.2. The van der Waals surface area contributed by atoms with E-state index in [4.69, 9.17) is 0 Å². The van der Waals surface area contributed by atoms with Gasteiger partial charge in [-0.3, -0.25) is 4.79 Å². The first-order valence-corrected chi connectivity index (χ1v) is 8.55. The zero-order valence-corrected chi connectivity index (χ0v) is 14.3. The molecule has 0 radical (unpaired) electrons. The van der Waals surface area contributed by atoms with E-state index in [0.29, 0.717) is 23.7 Å². The Kier molecular flexibility index (Phi) is 5.29. The zero-order chi connectivity index (χ0) is 16.9. The average molecular weight is 324 g/mol. The van der Waals surface area contributed by atoms with Crippen LogP contribution in [-0.4, -0.2) is 29.6 Å². The van der Waals surface area contributed by atoms with Crippen LogP contribution >= 0.6 is 0 Å². The second kappa shape index (κ2) is 7.61. The number of rotatable bonds is 4. The lowest BCUT2D eigenvalue weighted by Crippen LogP contribution is -2.33. The van der Waals surface area contributed by atoms with Crippen LogP contribution in [0.25, 0.3) is 10.9 Å². The number of aryl methyl sites for hydroxylation is 1. The van der Waals surface area contributed by atoms with Crippen molar-refractivity contribution in [3.8, 4) is 11.8 Å². The van der Waals surface area contributed by atoms with Gasteiger partial charge in [-0.15, -0.1) is 5.92 Å². The van der Waals surface area contributed by atoms with Gasteiger partial charge in [-0.25, -0.2) is 4.98 Å². The van der Waals surface area contributed by atoms with E-state index in [1.54, 1.807) is 6.07 Å². The van der Waals surface area contributed by atoms with Gasteiger partial charge in [-0.1, -0.05) is 5.92 Å². The molecule has 1 saturated heterocycles. The van der Waals surface area contributed by atoms with Crippen LogP contribution in [0.5, 0.6) is 0 Å². The zero-order valence-electron chi connectivity index (χ0n) is 14.3. The number of fused-ring (bicyclic) bond motifs is 1. The van der Waals surface area contributed by atoms with Gasteiger partial charge in [0.15, 0.2) is 0 Å². The molecular weight excluding hydrogens is 300 g/mol. The Morgan fingerprint density at radius 1 is 1.33 bits per heavy atom. The highest BCUT2D eigenvalue weighted by atomic mass is 16.1. The van der Waals surface area contributed by atoms with Crippen molar-refractivity contribution in [2.45, 2.75) is 33.2 Å². The molecule has 0 aliphatic carbocycles. The van der Waals surface area contributed by atoms with Gasteiger partial charge in [0.25, 0.3) is 5.56 Å². The van der Waals surface area contributed by atoms with Gasteiger partial charge in [-0.2, -0.15) is 0 Å². The predicted molar refractivity (Wildman–Crippen MR) is 97.0 cm³/mol. The summed E-state index contributed by atoms with van der Waals surface area (Å²) in [5, 5.41) is 7.43. The standard InChI is InChI=1S/C19H24N4O/c1-3-4-15-5-6-16-18(13(15)2)22-17(23-19(16)24)12-21-11-14-7-9-20-10-8-14/h5-6,14,20-21H,7-12H2,1-2H3,(H,22,23,24). The van der Waals surface area contributed by atoms with Crippen LogP contribution < -0.4 is 16.2 Å². The lowest BCUT2D eigenvalue weighted by atomic mass is 9.98. The van der Waals surface area contributed by atoms with E-state index in [-0.39, 0.29) is 5.56 Å². The number of aromatic amines is 1. The molecule has 5 nitrogen and oxygen atoms in total. The number of benzene rings is 1. The van der Waals surface area contributed by atoms with Gasteiger partial charge in [0, 0.05) is 5.56 Å². The highest BCUT2D eigenvalue weighted by Crippen LogP contribution is 2.17. The molecular formula is C19H24N4O. The van der Waals surface area contributed by atoms with Crippen molar-refractivity contribution in [1.29, 1.82) is 0 Å². The average Bonchev–Trinajstić information content (AvgIpc) is 2.59. The van der Waals surface area contributed by atoms with E-state index >= 15 is 0 Å². The summed E-state index contributed by atoms with van der Waals surface area (Å²) in [4.78, 5) is 19.9. The van der Waals surface area contributed by atoms with Crippen LogP contribution in [0, 0.1) is 24.7 Å². The summed E-state index contributed by atoms with van der Waals surface area (Å²) >= 11 is 0. The third-order valence-corrected chi connectivity index (χ3v) is 4.62. The maximum Gasteiger partial charge on any atom is 0.258 e. The van der Waals surface area contributed by atoms with Crippen molar-refractivity contribution in [2.24, 2.45) is 5.92 Å². The summed E-state index contributed by atoms with van der Waals surface area (Å²) in [6.45, 7) is 7.52. The summed E-state index contributed by atoms with van der Waals surface area (Å²) in [6, 6.07) is 3.69. The topological polar surface area (TPSA) is 69.8 Å². The van der Waals surface area contributed by atoms with Crippen LogP contribution in [0.3, 0.4) is 0 Å². The van der Waals surface area contributed by atoms with Gasteiger partial charge in [0.05, 0.1) is 17.4 Å². The Balaban J connectivity index is 1.79. The molecule has 1 aromatic heterocycles. The van der Waals surface area contributed by atoms with Crippen LogP contribution in [0.1, 0.15) is 36.7 Å². The fraction of sp³-hybridized carbons (Fsp3) is 0.474. The molecule has 1 fully saturated rings. The Morgan fingerprint density at radius 2 is 2.12 bits per heavy atom. The van der Waals surface area contributed by atoms with E-state index in [2.05, 4.69) is 32.4 Å². The molecule has 0 bridgehead atoms. The number of hydrogen-bond donors (Lipinski definition) is 3. The molecule has 0 saturated carbocycles. The molecule has 3 N–H and O–H groups in total. The first-order chi connectivity index (χ1) is 11.7. The minimum atomic E-state index is -0.0854. The molecule has 0 unspecified atom stereocenters. The summed E-state index contributed by atoms with van der Waals surface area (Å²) in [5.41, 5.74) is 2.56. The van der Waals surface area contributed by atoms with Crippen molar-refractivity contribution >= 4 is 10.9 Å². The van der Waals surface area contributed by atoms with Gasteiger partial charge in [0.2, 0.25) is 0 Å². The number of piperidine rings is 1. The predicted octanol–water partition coefficient (Wildman–Crippen LogP) is 1.69. The number of nitrogens with zero attached hydrogens (tertiary/aromatic N) is 1. The van der Waals surface area contributed by atoms with Crippen molar-refractivity contribution in [1.82, 2.24) is 20.6 Å². The lowest BCUT2D eigenvalue weighted by Gasteiger charge is -2.22. The minimum Gasteiger partial charge on any atom is -0.317 e. The third kappa shape index (κ3) is 3.66. The lowest BCUT2D eigenvalue weighted by molar-refractivity contribution is 0.355. The smallest absolute Gasteiger partial charge is 0.258 e. The van der Waals surface area contributed by atoms with Crippen LogP contribution in [-0.2, 0) is 6.54 Å². The van der Waals surface area contributed by atoms with Crippen molar-refractivity contribution in [3.63, 3.8) is 0 Å². The van der Waals surface area contributed by atoms with Gasteiger partial charge >= 0.3 is 0 Å². The van der Waals surface area contributed by atoms with Gasteiger partial charge < -0.3 is 15.6 Å². The molecule has 1 aromatic carbocycles. The summed E-state index contributed by atoms with van der Waals surface area (Å²) in [5.74, 6) is 7.36. The quantitative estimate of drug-likeness (QED) is 0.749.